The first-order chi connectivity index (χ1) is 9.80. The van der Waals surface area contributed by atoms with Gasteiger partial charge in [-0.1, -0.05) is 13.8 Å². The molecule has 0 spiro atoms. The number of aromatic nitrogens is 3. The Morgan fingerprint density at radius 2 is 2.05 bits per heavy atom. The first-order valence-electron chi connectivity index (χ1n) is 6.87. The molecule has 5 heteroatoms. The summed E-state index contributed by atoms with van der Waals surface area (Å²) in [5.74, 6) is 1.63. The maximum Gasteiger partial charge on any atom is 0.137 e. The molecule has 0 fully saturated rings. The summed E-state index contributed by atoms with van der Waals surface area (Å²) >= 11 is 0. The third kappa shape index (κ3) is 3.04. The SMILES string of the molecule is CCCNc1ncnc(-c2cncc(OC)c2)c1CC. The van der Waals surface area contributed by atoms with Crippen LogP contribution in [0.4, 0.5) is 5.82 Å². The second kappa shape index (κ2) is 6.84. The molecule has 2 aromatic rings. The van der Waals surface area contributed by atoms with Gasteiger partial charge in [0.2, 0.25) is 0 Å². The van der Waals surface area contributed by atoms with Crippen LogP contribution in [0.2, 0.25) is 0 Å². The highest BCUT2D eigenvalue weighted by Crippen LogP contribution is 2.27. The van der Waals surface area contributed by atoms with Gasteiger partial charge in [-0.25, -0.2) is 9.97 Å². The van der Waals surface area contributed by atoms with Crippen LogP contribution in [0.15, 0.2) is 24.8 Å². The number of nitrogens with one attached hydrogen (secondary N) is 1. The molecule has 0 amide bonds. The lowest BCUT2D eigenvalue weighted by Crippen LogP contribution is -2.07. The Kier molecular flexibility index (Phi) is 4.87. The average Bonchev–Trinajstić information content (AvgIpc) is 2.52. The van der Waals surface area contributed by atoms with Crippen molar-refractivity contribution in [2.75, 3.05) is 19.0 Å². The van der Waals surface area contributed by atoms with Crippen molar-refractivity contribution < 1.29 is 4.74 Å². The summed E-state index contributed by atoms with van der Waals surface area (Å²) in [5.41, 5.74) is 2.96. The van der Waals surface area contributed by atoms with Gasteiger partial charge < -0.3 is 10.1 Å². The molecule has 106 valence electrons. The molecular weight excluding hydrogens is 252 g/mol. The van der Waals surface area contributed by atoms with Crippen LogP contribution in [0.1, 0.15) is 25.8 Å². The minimum atomic E-state index is 0.728. The number of methoxy groups -OCH3 is 1. The van der Waals surface area contributed by atoms with Gasteiger partial charge in [0.05, 0.1) is 19.0 Å². The molecule has 20 heavy (non-hydrogen) atoms. The van der Waals surface area contributed by atoms with Crippen molar-refractivity contribution in [3.05, 3.63) is 30.4 Å². The number of anilines is 1. The Hall–Kier alpha value is -2.17. The van der Waals surface area contributed by atoms with E-state index in [-0.39, 0.29) is 0 Å². The van der Waals surface area contributed by atoms with Gasteiger partial charge in [0.1, 0.15) is 17.9 Å². The molecule has 0 bridgehead atoms. The number of hydrogen-bond acceptors (Lipinski definition) is 5. The van der Waals surface area contributed by atoms with E-state index in [9.17, 15) is 0 Å². The van der Waals surface area contributed by atoms with Gasteiger partial charge in [0, 0.05) is 23.9 Å². The van der Waals surface area contributed by atoms with Crippen LogP contribution in [0.5, 0.6) is 5.75 Å². The van der Waals surface area contributed by atoms with Gasteiger partial charge >= 0.3 is 0 Å². The standard InChI is InChI=1S/C15H20N4O/c1-4-6-17-15-13(5-2)14(18-10-19-15)11-7-12(20-3)9-16-8-11/h7-10H,4-6H2,1-3H3,(H,17,18,19). The summed E-state index contributed by atoms with van der Waals surface area (Å²) in [4.78, 5) is 13.0. The van der Waals surface area contributed by atoms with Crippen molar-refractivity contribution in [2.24, 2.45) is 0 Å². The Morgan fingerprint density at radius 1 is 1.20 bits per heavy atom. The zero-order chi connectivity index (χ0) is 14.4. The quantitative estimate of drug-likeness (QED) is 0.876. The molecule has 2 aromatic heterocycles. The predicted molar refractivity (Wildman–Crippen MR) is 80.0 cm³/mol. The number of nitrogens with zero attached hydrogens (tertiary/aromatic N) is 3. The molecule has 0 aliphatic rings. The molecule has 0 saturated carbocycles. The zero-order valence-corrected chi connectivity index (χ0v) is 12.2. The fourth-order valence-corrected chi connectivity index (χ4v) is 2.05. The van der Waals surface area contributed by atoms with Crippen LogP contribution in [0.3, 0.4) is 0 Å². The Labute approximate surface area is 119 Å². The predicted octanol–water partition coefficient (Wildman–Crippen LogP) is 2.93. The fraction of sp³-hybridized carbons (Fsp3) is 0.400. The zero-order valence-electron chi connectivity index (χ0n) is 12.2. The molecule has 0 unspecified atom stereocenters. The fourth-order valence-electron chi connectivity index (χ4n) is 2.05. The minimum Gasteiger partial charge on any atom is -0.495 e. The molecule has 0 aliphatic carbocycles. The van der Waals surface area contributed by atoms with Crippen molar-refractivity contribution >= 4 is 5.82 Å². The largest absolute Gasteiger partial charge is 0.495 e. The van der Waals surface area contributed by atoms with E-state index in [1.807, 2.05) is 6.07 Å². The molecule has 2 rings (SSSR count). The molecule has 1 N–H and O–H groups in total. The second-order valence-corrected chi connectivity index (χ2v) is 4.44. The van der Waals surface area contributed by atoms with Gasteiger partial charge in [-0.3, -0.25) is 4.98 Å². The molecule has 0 aromatic carbocycles. The van der Waals surface area contributed by atoms with E-state index < -0.39 is 0 Å². The summed E-state index contributed by atoms with van der Waals surface area (Å²) in [7, 11) is 1.63. The first kappa shape index (κ1) is 14.2. The molecule has 2 heterocycles. The van der Waals surface area contributed by atoms with Crippen molar-refractivity contribution in [3.63, 3.8) is 0 Å². The Morgan fingerprint density at radius 3 is 2.75 bits per heavy atom. The van der Waals surface area contributed by atoms with E-state index in [1.165, 1.54) is 0 Å². The third-order valence-electron chi connectivity index (χ3n) is 3.06. The van der Waals surface area contributed by atoms with Crippen molar-refractivity contribution in [3.8, 4) is 17.0 Å². The monoisotopic (exact) mass is 272 g/mol. The van der Waals surface area contributed by atoms with Gasteiger partial charge in [-0.05, 0) is 18.9 Å². The summed E-state index contributed by atoms with van der Waals surface area (Å²) in [5, 5.41) is 3.35. The summed E-state index contributed by atoms with van der Waals surface area (Å²) < 4.78 is 5.22. The number of hydrogen-bond donors (Lipinski definition) is 1. The van der Waals surface area contributed by atoms with Crippen LogP contribution in [-0.2, 0) is 6.42 Å². The highest BCUT2D eigenvalue weighted by molar-refractivity contribution is 5.68. The topological polar surface area (TPSA) is 59.9 Å². The van der Waals surface area contributed by atoms with Crippen molar-refractivity contribution in [2.45, 2.75) is 26.7 Å². The van der Waals surface area contributed by atoms with Crippen LogP contribution in [-0.4, -0.2) is 28.6 Å². The van der Waals surface area contributed by atoms with Gasteiger partial charge in [-0.15, -0.1) is 0 Å². The highest BCUT2D eigenvalue weighted by Gasteiger charge is 2.12. The van der Waals surface area contributed by atoms with E-state index >= 15 is 0 Å². The van der Waals surface area contributed by atoms with E-state index in [0.717, 1.165) is 47.8 Å². The number of rotatable bonds is 6. The molecule has 0 atom stereocenters. The third-order valence-corrected chi connectivity index (χ3v) is 3.06. The van der Waals surface area contributed by atoms with E-state index in [4.69, 9.17) is 4.74 Å². The smallest absolute Gasteiger partial charge is 0.137 e. The van der Waals surface area contributed by atoms with Gasteiger partial charge in [0.15, 0.2) is 0 Å². The number of pyridine rings is 1. The lowest BCUT2D eigenvalue weighted by Gasteiger charge is -2.13. The first-order valence-corrected chi connectivity index (χ1v) is 6.87. The molecule has 0 radical (unpaired) electrons. The lowest BCUT2D eigenvalue weighted by atomic mass is 10.1. The minimum absolute atomic E-state index is 0.728. The van der Waals surface area contributed by atoms with E-state index in [1.54, 1.807) is 25.8 Å². The number of ether oxygens (including phenoxy) is 1. The van der Waals surface area contributed by atoms with E-state index in [2.05, 4.69) is 34.1 Å². The molecule has 0 saturated heterocycles. The highest BCUT2D eigenvalue weighted by atomic mass is 16.5. The second-order valence-electron chi connectivity index (χ2n) is 4.44. The molecule has 0 aliphatic heterocycles. The summed E-state index contributed by atoms with van der Waals surface area (Å²) in [6.45, 7) is 5.14. The summed E-state index contributed by atoms with van der Waals surface area (Å²) in [6.07, 6.45) is 6.99. The van der Waals surface area contributed by atoms with E-state index in [0.29, 0.717) is 0 Å². The Bertz CT molecular complexity index is 572. The van der Waals surface area contributed by atoms with Crippen molar-refractivity contribution in [1.82, 2.24) is 15.0 Å². The summed E-state index contributed by atoms with van der Waals surface area (Å²) in [6, 6.07) is 1.94. The van der Waals surface area contributed by atoms with Crippen LogP contribution in [0, 0.1) is 0 Å². The normalized spacial score (nSPS) is 10.3. The molecular formula is C15H20N4O. The van der Waals surface area contributed by atoms with Crippen LogP contribution >= 0.6 is 0 Å². The van der Waals surface area contributed by atoms with Crippen LogP contribution < -0.4 is 10.1 Å². The Balaban J connectivity index is 2.44. The van der Waals surface area contributed by atoms with Crippen molar-refractivity contribution in [1.29, 1.82) is 0 Å². The molecule has 5 nitrogen and oxygen atoms in total. The maximum atomic E-state index is 5.22. The van der Waals surface area contributed by atoms with Gasteiger partial charge in [-0.2, -0.15) is 0 Å². The van der Waals surface area contributed by atoms with Crippen LogP contribution in [0.25, 0.3) is 11.3 Å². The average molecular weight is 272 g/mol. The lowest BCUT2D eigenvalue weighted by molar-refractivity contribution is 0.413. The maximum absolute atomic E-state index is 5.22. The van der Waals surface area contributed by atoms with Gasteiger partial charge in [0.25, 0.3) is 0 Å².